The molecule has 1 aromatic carbocycles. The van der Waals surface area contributed by atoms with Crippen LogP contribution in [0.4, 0.5) is 0 Å². The molecule has 1 N–H and O–H groups in total. The quantitative estimate of drug-likeness (QED) is 0.812. The molecule has 0 aliphatic carbocycles. The number of benzene rings is 1. The second-order valence-corrected chi connectivity index (χ2v) is 3.54. The standard InChI is InChI=1S/C12H13NO2/c1-2-7-13-10-6-4-3-5-9(10)11(14)8-12(13)15/h3-6,8,14H,2,7H2,1H3. The van der Waals surface area contributed by atoms with E-state index in [4.69, 9.17) is 0 Å². The third kappa shape index (κ3) is 1.61. The number of nitrogens with zero attached hydrogens (tertiary/aromatic N) is 1. The number of para-hydroxylation sites is 1. The molecule has 0 saturated carbocycles. The van der Waals surface area contributed by atoms with Gasteiger partial charge in [-0.15, -0.1) is 0 Å². The molecule has 0 atom stereocenters. The van der Waals surface area contributed by atoms with Crippen LogP contribution in [0.2, 0.25) is 0 Å². The summed E-state index contributed by atoms with van der Waals surface area (Å²) in [5.41, 5.74) is 0.650. The molecule has 0 fully saturated rings. The van der Waals surface area contributed by atoms with E-state index in [2.05, 4.69) is 0 Å². The maximum atomic E-state index is 11.6. The fourth-order valence-corrected chi connectivity index (χ4v) is 1.77. The lowest BCUT2D eigenvalue weighted by atomic mass is 10.2. The predicted octanol–water partition coefficient (Wildman–Crippen LogP) is 2.12. The van der Waals surface area contributed by atoms with Gasteiger partial charge in [-0.2, -0.15) is 0 Å². The fraction of sp³-hybridized carbons (Fsp3) is 0.250. The molecule has 0 bridgehead atoms. The van der Waals surface area contributed by atoms with Crippen molar-refractivity contribution in [1.82, 2.24) is 4.57 Å². The lowest BCUT2D eigenvalue weighted by molar-refractivity contribution is 0.478. The van der Waals surface area contributed by atoms with E-state index < -0.39 is 0 Å². The van der Waals surface area contributed by atoms with Crippen LogP contribution in [-0.4, -0.2) is 9.67 Å². The largest absolute Gasteiger partial charge is 0.507 e. The number of aromatic nitrogens is 1. The van der Waals surface area contributed by atoms with E-state index in [1.165, 1.54) is 6.07 Å². The molecule has 0 spiro atoms. The molecule has 1 heterocycles. The Balaban J connectivity index is 2.83. The van der Waals surface area contributed by atoms with Crippen molar-refractivity contribution in [1.29, 1.82) is 0 Å². The molecule has 0 amide bonds. The third-order valence-corrected chi connectivity index (χ3v) is 2.44. The lowest BCUT2D eigenvalue weighted by Gasteiger charge is -2.09. The van der Waals surface area contributed by atoms with Crippen molar-refractivity contribution >= 4 is 10.9 Å². The van der Waals surface area contributed by atoms with Gasteiger partial charge in [0.05, 0.1) is 5.52 Å². The number of aryl methyl sites for hydroxylation is 1. The van der Waals surface area contributed by atoms with Crippen LogP contribution in [0.3, 0.4) is 0 Å². The van der Waals surface area contributed by atoms with E-state index in [-0.39, 0.29) is 11.3 Å². The van der Waals surface area contributed by atoms with Crippen molar-refractivity contribution in [3.63, 3.8) is 0 Å². The Morgan fingerprint density at radius 2 is 2.07 bits per heavy atom. The van der Waals surface area contributed by atoms with Gasteiger partial charge in [0.15, 0.2) is 0 Å². The molecule has 2 rings (SSSR count). The smallest absolute Gasteiger partial charge is 0.254 e. The maximum absolute atomic E-state index is 11.6. The highest BCUT2D eigenvalue weighted by Crippen LogP contribution is 2.21. The van der Waals surface area contributed by atoms with Crippen molar-refractivity contribution in [2.45, 2.75) is 19.9 Å². The Morgan fingerprint density at radius 3 is 2.80 bits per heavy atom. The van der Waals surface area contributed by atoms with Crippen molar-refractivity contribution < 1.29 is 5.11 Å². The zero-order chi connectivity index (χ0) is 10.8. The number of fused-ring (bicyclic) bond motifs is 1. The topological polar surface area (TPSA) is 42.2 Å². The molecular formula is C12H13NO2. The van der Waals surface area contributed by atoms with Crippen LogP contribution < -0.4 is 5.56 Å². The second-order valence-electron chi connectivity index (χ2n) is 3.54. The molecular weight excluding hydrogens is 190 g/mol. The van der Waals surface area contributed by atoms with Crippen LogP contribution in [0, 0.1) is 0 Å². The van der Waals surface area contributed by atoms with Crippen LogP contribution >= 0.6 is 0 Å². The van der Waals surface area contributed by atoms with Crippen molar-refractivity contribution in [3.8, 4) is 5.75 Å². The molecule has 1 aromatic heterocycles. The lowest BCUT2D eigenvalue weighted by Crippen LogP contribution is -2.19. The van der Waals surface area contributed by atoms with Crippen LogP contribution in [0.1, 0.15) is 13.3 Å². The molecule has 15 heavy (non-hydrogen) atoms. The summed E-state index contributed by atoms with van der Waals surface area (Å²) in [5, 5.41) is 10.4. The average Bonchev–Trinajstić information content (AvgIpc) is 2.24. The van der Waals surface area contributed by atoms with Gasteiger partial charge in [-0.1, -0.05) is 19.1 Å². The van der Waals surface area contributed by atoms with E-state index in [0.717, 1.165) is 17.3 Å². The minimum Gasteiger partial charge on any atom is -0.507 e. The van der Waals surface area contributed by atoms with Crippen LogP contribution in [-0.2, 0) is 6.54 Å². The molecule has 78 valence electrons. The van der Waals surface area contributed by atoms with Gasteiger partial charge in [0, 0.05) is 18.0 Å². The molecule has 2 aromatic rings. The zero-order valence-electron chi connectivity index (χ0n) is 8.60. The first-order chi connectivity index (χ1) is 7.24. The van der Waals surface area contributed by atoms with E-state index in [1.807, 2.05) is 31.2 Å². The first-order valence-electron chi connectivity index (χ1n) is 5.05. The van der Waals surface area contributed by atoms with Gasteiger partial charge in [0.1, 0.15) is 5.75 Å². The first kappa shape index (κ1) is 9.77. The van der Waals surface area contributed by atoms with Gasteiger partial charge in [-0.05, 0) is 18.6 Å². The number of rotatable bonds is 2. The minimum atomic E-state index is -0.145. The third-order valence-electron chi connectivity index (χ3n) is 2.44. The van der Waals surface area contributed by atoms with Crippen molar-refractivity contribution in [2.75, 3.05) is 0 Å². The molecule has 0 unspecified atom stereocenters. The summed E-state index contributed by atoms with van der Waals surface area (Å²) in [6, 6.07) is 8.66. The summed E-state index contributed by atoms with van der Waals surface area (Å²) in [6.07, 6.45) is 0.897. The summed E-state index contributed by atoms with van der Waals surface area (Å²) in [6.45, 7) is 2.70. The maximum Gasteiger partial charge on any atom is 0.254 e. The molecule has 3 nitrogen and oxygen atoms in total. The monoisotopic (exact) mass is 203 g/mol. The summed E-state index contributed by atoms with van der Waals surface area (Å²) in [7, 11) is 0. The highest BCUT2D eigenvalue weighted by molar-refractivity contribution is 5.84. The minimum absolute atomic E-state index is 0.0583. The Bertz CT molecular complexity index is 543. The average molecular weight is 203 g/mol. The number of aromatic hydroxyl groups is 1. The van der Waals surface area contributed by atoms with E-state index in [0.29, 0.717) is 6.54 Å². The van der Waals surface area contributed by atoms with Crippen LogP contribution in [0.15, 0.2) is 35.1 Å². The Hall–Kier alpha value is -1.77. The van der Waals surface area contributed by atoms with Crippen molar-refractivity contribution in [2.24, 2.45) is 0 Å². The summed E-state index contributed by atoms with van der Waals surface area (Å²) in [4.78, 5) is 11.6. The number of hydrogen-bond acceptors (Lipinski definition) is 2. The normalized spacial score (nSPS) is 10.7. The van der Waals surface area contributed by atoms with Crippen molar-refractivity contribution in [3.05, 3.63) is 40.7 Å². The van der Waals surface area contributed by atoms with Gasteiger partial charge in [-0.25, -0.2) is 0 Å². The predicted molar refractivity (Wildman–Crippen MR) is 60.2 cm³/mol. The van der Waals surface area contributed by atoms with E-state index in [9.17, 15) is 9.90 Å². The first-order valence-corrected chi connectivity index (χ1v) is 5.05. The summed E-state index contributed by atoms with van der Waals surface area (Å²) < 4.78 is 1.69. The number of pyridine rings is 1. The molecule has 0 aliphatic rings. The Kier molecular flexibility index (Phi) is 2.46. The highest BCUT2D eigenvalue weighted by Gasteiger charge is 2.05. The van der Waals surface area contributed by atoms with E-state index in [1.54, 1.807) is 4.57 Å². The van der Waals surface area contributed by atoms with Gasteiger partial charge >= 0.3 is 0 Å². The zero-order valence-corrected chi connectivity index (χ0v) is 8.60. The number of hydrogen-bond donors (Lipinski definition) is 1. The van der Waals surface area contributed by atoms with Crippen LogP contribution in [0.25, 0.3) is 10.9 Å². The second kappa shape index (κ2) is 3.77. The van der Waals surface area contributed by atoms with Gasteiger partial charge < -0.3 is 9.67 Å². The summed E-state index contributed by atoms with van der Waals surface area (Å²) in [5.74, 6) is 0.0583. The van der Waals surface area contributed by atoms with E-state index >= 15 is 0 Å². The molecule has 0 aliphatic heterocycles. The molecule has 0 radical (unpaired) electrons. The fourth-order valence-electron chi connectivity index (χ4n) is 1.77. The van der Waals surface area contributed by atoms with Gasteiger partial charge in [-0.3, -0.25) is 4.79 Å². The van der Waals surface area contributed by atoms with Gasteiger partial charge in [0.2, 0.25) is 0 Å². The Morgan fingerprint density at radius 1 is 1.33 bits per heavy atom. The Labute approximate surface area is 87.6 Å². The SMILES string of the molecule is CCCn1c(=O)cc(O)c2ccccc21. The summed E-state index contributed by atoms with van der Waals surface area (Å²) >= 11 is 0. The van der Waals surface area contributed by atoms with Gasteiger partial charge in [0.25, 0.3) is 5.56 Å². The molecule has 0 saturated heterocycles. The molecule has 3 heteroatoms. The highest BCUT2D eigenvalue weighted by atomic mass is 16.3. The van der Waals surface area contributed by atoms with Crippen LogP contribution in [0.5, 0.6) is 5.75 Å².